The van der Waals surface area contributed by atoms with E-state index in [0.717, 1.165) is 5.56 Å². The van der Waals surface area contributed by atoms with Gasteiger partial charge in [-0.2, -0.15) is 5.10 Å². The van der Waals surface area contributed by atoms with E-state index in [-0.39, 0.29) is 23.3 Å². The molecular formula is C21H14ClFN4O3S. The van der Waals surface area contributed by atoms with E-state index in [1.165, 1.54) is 40.3 Å². The summed E-state index contributed by atoms with van der Waals surface area (Å²) in [5, 5.41) is 9.48. The average molecular weight is 457 g/mol. The molecule has 3 heterocycles. The molecule has 1 aliphatic rings. The Morgan fingerprint density at radius 1 is 1.19 bits per heavy atom. The number of aromatic nitrogens is 3. The molecule has 5 rings (SSSR count). The van der Waals surface area contributed by atoms with E-state index in [4.69, 9.17) is 21.1 Å². The second-order valence-electron chi connectivity index (χ2n) is 6.70. The summed E-state index contributed by atoms with van der Waals surface area (Å²) < 4.78 is 25.3. The van der Waals surface area contributed by atoms with E-state index in [1.54, 1.807) is 6.92 Å². The summed E-state index contributed by atoms with van der Waals surface area (Å²) in [6.45, 7) is 1.88. The number of hydrogen-bond donors (Lipinski definition) is 1. The number of amides is 1. The van der Waals surface area contributed by atoms with Gasteiger partial charge in [0, 0.05) is 10.9 Å². The van der Waals surface area contributed by atoms with Crippen LogP contribution in [0.15, 0.2) is 47.8 Å². The topological polar surface area (TPSA) is 78.3 Å². The Kier molecular flexibility index (Phi) is 4.84. The Labute approximate surface area is 185 Å². The molecule has 4 aromatic rings. The van der Waals surface area contributed by atoms with E-state index >= 15 is 0 Å². The highest BCUT2D eigenvalue weighted by atomic mass is 35.5. The zero-order valence-corrected chi connectivity index (χ0v) is 17.6. The minimum atomic E-state index is -0.428. The number of carbonyl (C=O) groups excluding carboxylic acids is 1. The van der Waals surface area contributed by atoms with Gasteiger partial charge in [-0.1, -0.05) is 11.6 Å². The Morgan fingerprint density at radius 2 is 1.97 bits per heavy atom. The van der Waals surface area contributed by atoms with Crippen LogP contribution < -0.4 is 14.8 Å². The van der Waals surface area contributed by atoms with Crippen molar-refractivity contribution < 1.29 is 18.7 Å². The number of anilines is 1. The Bertz CT molecular complexity index is 1300. The zero-order valence-electron chi connectivity index (χ0n) is 16.1. The maximum absolute atomic E-state index is 13.2. The lowest BCUT2D eigenvalue weighted by molar-refractivity contribution is 0.102. The summed E-state index contributed by atoms with van der Waals surface area (Å²) in [5.74, 6) is 0.550. The number of hydrogen-bond acceptors (Lipinski definition) is 6. The van der Waals surface area contributed by atoms with Gasteiger partial charge < -0.3 is 9.47 Å². The molecule has 10 heteroatoms. The van der Waals surface area contributed by atoms with E-state index in [2.05, 4.69) is 15.4 Å². The molecule has 0 saturated heterocycles. The van der Waals surface area contributed by atoms with Crippen molar-refractivity contribution in [2.45, 2.75) is 6.92 Å². The van der Waals surface area contributed by atoms with E-state index in [1.807, 2.05) is 23.6 Å². The Morgan fingerprint density at radius 3 is 2.77 bits per heavy atom. The zero-order chi connectivity index (χ0) is 21.5. The van der Waals surface area contributed by atoms with Crippen molar-refractivity contribution >= 4 is 34.0 Å². The second-order valence-corrected chi connectivity index (χ2v) is 7.92. The molecule has 156 valence electrons. The summed E-state index contributed by atoms with van der Waals surface area (Å²) in [6, 6.07) is 11.2. The van der Waals surface area contributed by atoms with Gasteiger partial charge in [-0.3, -0.25) is 10.1 Å². The highest BCUT2D eigenvalue weighted by molar-refractivity contribution is 7.14. The number of halogens is 2. The van der Waals surface area contributed by atoms with Crippen molar-refractivity contribution in [2.75, 3.05) is 12.1 Å². The molecule has 1 aliphatic heterocycles. The highest BCUT2D eigenvalue weighted by Gasteiger charge is 2.22. The van der Waals surface area contributed by atoms with Gasteiger partial charge in [0.1, 0.15) is 16.5 Å². The molecule has 0 saturated carbocycles. The number of carbonyl (C=O) groups is 1. The maximum atomic E-state index is 13.2. The smallest absolute Gasteiger partial charge is 0.262 e. The van der Waals surface area contributed by atoms with Crippen molar-refractivity contribution in [1.29, 1.82) is 0 Å². The molecule has 0 fully saturated rings. The minimum Gasteiger partial charge on any atom is -0.454 e. The van der Waals surface area contributed by atoms with Gasteiger partial charge in [0.05, 0.1) is 17.1 Å². The first kappa shape index (κ1) is 19.5. The predicted octanol–water partition coefficient (Wildman–Crippen LogP) is 5.08. The number of nitrogens with one attached hydrogen (secondary N) is 1. The van der Waals surface area contributed by atoms with Crippen LogP contribution >= 0.6 is 22.9 Å². The molecule has 0 bridgehead atoms. The first-order valence-electron chi connectivity index (χ1n) is 9.17. The standard InChI is InChI=1S/C21H14ClFN4O3S/c1-11-18(19(22)27(26-11)14-5-3-13(23)4-6-14)20(28)25-21-24-15(9-31-21)12-2-7-16-17(8-12)30-10-29-16/h2-9H,10H2,1H3,(H,24,25,28). The van der Waals surface area contributed by atoms with Crippen LogP contribution in [0, 0.1) is 12.7 Å². The van der Waals surface area contributed by atoms with Crippen molar-refractivity contribution in [3.05, 3.63) is 70.1 Å². The monoisotopic (exact) mass is 456 g/mol. The molecule has 1 N–H and O–H groups in total. The quantitative estimate of drug-likeness (QED) is 0.463. The van der Waals surface area contributed by atoms with Crippen LogP contribution in [0.3, 0.4) is 0 Å². The number of fused-ring (bicyclic) bond motifs is 1. The molecule has 2 aromatic carbocycles. The van der Waals surface area contributed by atoms with Crippen LogP contribution in [0.2, 0.25) is 5.15 Å². The summed E-state index contributed by atoms with van der Waals surface area (Å²) in [7, 11) is 0. The third-order valence-electron chi connectivity index (χ3n) is 4.70. The average Bonchev–Trinajstić information content (AvgIpc) is 3.47. The summed E-state index contributed by atoms with van der Waals surface area (Å²) >= 11 is 7.71. The second kappa shape index (κ2) is 7.68. The molecule has 1 amide bonds. The normalized spacial score (nSPS) is 12.2. The molecule has 0 radical (unpaired) electrons. The lowest BCUT2D eigenvalue weighted by Crippen LogP contribution is -2.13. The van der Waals surface area contributed by atoms with Crippen LogP contribution in [-0.2, 0) is 0 Å². The van der Waals surface area contributed by atoms with Crippen LogP contribution in [0.4, 0.5) is 9.52 Å². The van der Waals surface area contributed by atoms with Crippen LogP contribution in [0.5, 0.6) is 11.5 Å². The van der Waals surface area contributed by atoms with E-state index in [0.29, 0.717) is 33.7 Å². The number of rotatable bonds is 4. The molecule has 0 aliphatic carbocycles. The molecule has 0 unspecified atom stereocenters. The Balaban J connectivity index is 1.38. The summed E-state index contributed by atoms with van der Waals surface area (Å²) in [6.07, 6.45) is 0. The molecule has 31 heavy (non-hydrogen) atoms. The van der Waals surface area contributed by atoms with Gasteiger partial charge in [0.25, 0.3) is 5.91 Å². The molecule has 0 spiro atoms. The largest absolute Gasteiger partial charge is 0.454 e. The van der Waals surface area contributed by atoms with Gasteiger partial charge in [-0.25, -0.2) is 14.1 Å². The highest BCUT2D eigenvalue weighted by Crippen LogP contribution is 2.36. The first-order valence-corrected chi connectivity index (χ1v) is 10.4. The third-order valence-corrected chi connectivity index (χ3v) is 5.80. The maximum Gasteiger partial charge on any atom is 0.262 e. The molecule has 2 aromatic heterocycles. The first-order chi connectivity index (χ1) is 15.0. The van der Waals surface area contributed by atoms with Crippen molar-refractivity contribution in [3.63, 3.8) is 0 Å². The molecular weight excluding hydrogens is 443 g/mol. The van der Waals surface area contributed by atoms with Gasteiger partial charge in [0.15, 0.2) is 16.6 Å². The van der Waals surface area contributed by atoms with Gasteiger partial charge >= 0.3 is 0 Å². The minimum absolute atomic E-state index is 0.133. The lowest BCUT2D eigenvalue weighted by atomic mass is 10.1. The van der Waals surface area contributed by atoms with Crippen LogP contribution in [0.25, 0.3) is 16.9 Å². The summed E-state index contributed by atoms with van der Waals surface area (Å²) in [4.78, 5) is 17.4. The van der Waals surface area contributed by atoms with Crippen molar-refractivity contribution in [1.82, 2.24) is 14.8 Å². The fraction of sp³-hybridized carbons (Fsp3) is 0.0952. The lowest BCUT2D eigenvalue weighted by Gasteiger charge is -2.04. The van der Waals surface area contributed by atoms with E-state index < -0.39 is 5.91 Å². The predicted molar refractivity (Wildman–Crippen MR) is 115 cm³/mol. The number of thiazole rings is 1. The van der Waals surface area contributed by atoms with Crippen molar-refractivity contribution in [2.24, 2.45) is 0 Å². The number of ether oxygens (including phenoxy) is 2. The number of aryl methyl sites for hydroxylation is 1. The van der Waals surface area contributed by atoms with Gasteiger partial charge in [-0.15, -0.1) is 11.3 Å². The van der Waals surface area contributed by atoms with Crippen LogP contribution in [-0.4, -0.2) is 27.5 Å². The SMILES string of the molecule is Cc1nn(-c2ccc(F)cc2)c(Cl)c1C(=O)Nc1nc(-c2ccc3c(c2)OCO3)cs1. The number of benzene rings is 2. The van der Waals surface area contributed by atoms with Gasteiger partial charge in [0.2, 0.25) is 6.79 Å². The van der Waals surface area contributed by atoms with Crippen LogP contribution in [0.1, 0.15) is 16.1 Å². The molecule has 0 atom stereocenters. The Hall–Kier alpha value is -3.43. The summed E-state index contributed by atoms with van der Waals surface area (Å²) in [5.41, 5.74) is 2.76. The fourth-order valence-corrected chi connectivity index (χ4v) is 4.26. The third kappa shape index (κ3) is 3.62. The fourth-order valence-electron chi connectivity index (χ4n) is 3.19. The molecule has 7 nitrogen and oxygen atoms in total. The van der Waals surface area contributed by atoms with E-state index in [9.17, 15) is 9.18 Å². The van der Waals surface area contributed by atoms with Crippen molar-refractivity contribution in [3.8, 4) is 28.4 Å². The van der Waals surface area contributed by atoms with Gasteiger partial charge in [-0.05, 0) is 49.4 Å². The number of nitrogens with zero attached hydrogens (tertiary/aromatic N) is 3.